The van der Waals surface area contributed by atoms with E-state index >= 15 is 0 Å². The van der Waals surface area contributed by atoms with Crippen molar-refractivity contribution in [3.8, 4) is 0 Å². The van der Waals surface area contributed by atoms with Crippen LogP contribution in [0.25, 0.3) is 0 Å². The first-order valence-electron chi connectivity index (χ1n) is 4.48. The lowest BCUT2D eigenvalue weighted by Crippen LogP contribution is -2.40. The molecule has 0 saturated carbocycles. The molecule has 1 aliphatic rings. The first-order valence-corrected chi connectivity index (χ1v) is 4.48. The molecule has 0 amide bonds. The third-order valence-electron chi connectivity index (χ3n) is 2.33. The minimum absolute atomic E-state index is 0.181. The molecule has 1 fully saturated rings. The fourth-order valence-corrected chi connectivity index (χ4v) is 1.49. The molecule has 0 bridgehead atoms. The molecule has 1 rings (SSSR count). The Labute approximate surface area is 78.2 Å². The standard InChI is InChI=1S/C9H16O4/c1-11-8(10)7-9(12-2)5-3-4-6-13-9/h3-7H2,1-2H3. The Hall–Kier alpha value is -0.610. The van der Waals surface area contributed by atoms with Crippen LogP contribution in [0.4, 0.5) is 0 Å². The molecule has 1 heterocycles. The van der Waals surface area contributed by atoms with Gasteiger partial charge < -0.3 is 14.2 Å². The Morgan fingerprint density at radius 1 is 1.46 bits per heavy atom. The molecule has 1 saturated heterocycles. The van der Waals surface area contributed by atoms with Gasteiger partial charge in [-0.1, -0.05) is 0 Å². The summed E-state index contributed by atoms with van der Waals surface area (Å²) in [6, 6.07) is 0. The first kappa shape index (κ1) is 10.5. The van der Waals surface area contributed by atoms with E-state index in [1.165, 1.54) is 7.11 Å². The molecule has 13 heavy (non-hydrogen) atoms. The zero-order valence-corrected chi connectivity index (χ0v) is 8.17. The Balaban J connectivity index is 2.52. The first-order chi connectivity index (χ1) is 6.22. The van der Waals surface area contributed by atoms with E-state index in [0.717, 1.165) is 19.3 Å². The smallest absolute Gasteiger partial charge is 0.310 e. The van der Waals surface area contributed by atoms with Crippen molar-refractivity contribution in [2.45, 2.75) is 31.5 Å². The molecule has 0 aromatic rings. The summed E-state index contributed by atoms with van der Waals surface area (Å²) in [7, 11) is 2.93. The molecule has 1 aliphatic heterocycles. The highest BCUT2D eigenvalue weighted by molar-refractivity contribution is 5.70. The zero-order chi connectivity index (χ0) is 9.73. The predicted molar refractivity (Wildman–Crippen MR) is 46.2 cm³/mol. The molecule has 4 nitrogen and oxygen atoms in total. The Kier molecular flexibility index (Phi) is 3.69. The highest BCUT2D eigenvalue weighted by atomic mass is 16.7. The Morgan fingerprint density at radius 3 is 2.69 bits per heavy atom. The molecule has 0 aromatic carbocycles. The van der Waals surface area contributed by atoms with Crippen LogP contribution in [0.1, 0.15) is 25.7 Å². The lowest BCUT2D eigenvalue weighted by atomic mass is 10.0. The van der Waals surface area contributed by atoms with Gasteiger partial charge in [-0.2, -0.15) is 0 Å². The molecule has 0 aromatic heterocycles. The van der Waals surface area contributed by atoms with Crippen molar-refractivity contribution in [1.29, 1.82) is 0 Å². The second kappa shape index (κ2) is 4.58. The molecule has 0 radical (unpaired) electrons. The number of methoxy groups -OCH3 is 2. The van der Waals surface area contributed by atoms with Gasteiger partial charge in [0.1, 0.15) is 0 Å². The van der Waals surface area contributed by atoms with Crippen LogP contribution in [0.3, 0.4) is 0 Å². The van der Waals surface area contributed by atoms with Crippen molar-refractivity contribution >= 4 is 5.97 Å². The summed E-state index contributed by atoms with van der Waals surface area (Å²) in [5, 5.41) is 0. The quantitative estimate of drug-likeness (QED) is 0.622. The van der Waals surface area contributed by atoms with Crippen LogP contribution in [-0.4, -0.2) is 32.6 Å². The molecule has 76 valence electrons. The average Bonchev–Trinajstić information content (AvgIpc) is 2.19. The normalized spacial score (nSPS) is 28.5. The van der Waals surface area contributed by atoms with E-state index in [0.29, 0.717) is 6.61 Å². The second-order valence-corrected chi connectivity index (χ2v) is 3.17. The van der Waals surface area contributed by atoms with Crippen LogP contribution in [-0.2, 0) is 19.0 Å². The highest BCUT2D eigenvalue weighted by Crippen LogP contribution is 2.29. The van der Waals surface area contributed by atoms with Crippen LogP contribution in [0, 0.1) is 0 Å². The van der Waals surface area contributed by atoms with Crippen LogP contribution < -0.4 is 0 Å². The van der Waals surface area contributed by atoms with E-state index in [4.69, 9.17) is 9.47 Å². The summed E-state index contributed by atoms with van der Waals surface area (Å²) in [6.45, 7) is 0.658. The number of rotatable bonds is 3. The zero-order valence-electron chi connectivity index (χ0n) is 8.17. The Bertz CT molecular complexity index is 172. The number of carbonyl (C=O) groups excluding carboxylic acids is 1. The van der Waals surface area contributed by atoms with Crippen LogP contribution in [0.2, 0.25) is 0 Å². The van der Waals surface area contributed by atoms with E-state index < -0.39 is 5.79 Å². The van der Waals surface area contributed by atoms with Gasteiger partial charge in [-0.15, -0.1) is 0 Å². The Morgan fingerprint density at radius 2 is 2.23 bits per heavy atom. The summed E-state index contributed by atoms with van der Waals surface area (Å²) in [5.41, 5.74) is 0. The minimum Gasteiger partial charge on any atom is -0.469 e. The van der Waals surface area contributed by atoms with Gasteiger partial charge in [0.05, 0.1) is 20.1 Å². The predicted octanol–water partition coefficient (Wildman–Crippen LogP) is 1.09. The maximum absolute atomic E-state index is 11.1. The number of carbonyl (C=O) groups is 1. The van der Waals surface area contributed by atoms with Gasteiger partial charge >= 0.3 is 5.97 Å². The van der Waals surface area contributed by atoms with Crippen molar-refractivity contribution in [3.05, 3.63) is 0 Å². The number of hydrogen-bond donors (Lipinski definition) is 0. The van der Waals surface area contributed by atoms with E-state index in [-0.39, 0.29) is 12.4 Å². The van der Waals surface area contributed by atoms with E-state index in [2.05, 4.69) is 4.74 Å². The van der Waals surface area contributed by atoms with Crippen molar-refractivity contribution in [1.82, 2.24) is 0 Å². The maximum Gasteiger partial charge on any atom is 0.310 e. The highest BCUT2D eigenvalue weighted by Gasteiger charge is 2.36. The fourth-order valence-electron chi connectivity index (χ4n) is 1.49. The fraction of sp³-hybridized carbons (Fsp3) is 0.889. The lowest BCUT2D eigenvalue weighted by Gasteiger charge is -2.34. The monoisotopic (exact) mass is 188 g/mol. The third-order valence-corrected chi connectivity index (χ3v) is 2.33. The third kappa shape index (κ3) is 2.67. The van der Waals surface area contributed by atoms with Crippen molar-refractivity contribution in [3.63, 3.8) is 0 Å². The summed E-state index contributed by atoms with van der Waals surface area (Å²) >= 11 is 0. The lowest BCUT2D eigenvalue weighted by molar-refractivity contribution is -0.246. The van der Waals surface area contributed by atoms with Crippen molar-refractivity contribution < 1.29 is 19.0 Å². The topological polar surface area (TPSA) is 44.8 Å². The molecule has 0 N–H and O–H groups in total. The van der Waals surface area contributed by atoms with Gasteiger partial charge in [-0.05, 0) is 12.8 Å². The van der Waals surface area contributed by atoms with Gasteiger partial charge in [0, 0.05) is 13.5 Å². The molecule has 1 atom stereocenters. The van der Waals surface area contributed by atoms with Crippen molar-refractivity contribution in [2.24, 2.45) is 0 Å². The van der Waals surface area contributed by atoms with Crippen LogP contribution in [0.5, 0.6) is 0 Å². The van der Waals surface area contributed by atoms with E-state index in [1.807, 2.05) is 0 Å². The minimum atomic E-state index is -0.731. The molecule has 4 heteroatoms. The summed E-state index contributed by atoms with van der Waals surface area (Å²) in [4.78, 5) is 11.1. The molecule has 1 unspecified atom stereocenters. The average molecular weight is 188 g/mol. The number of hydrogen-bond acceptors (Lipinski definition) is 4. The molecule has 0 aliphatic carbocycles. The molecular weight excluding hydrogens is 172 g/mol. The summed E-state index contributed by atoms with van der Waals surface area (Å²) in [6.07, 6.45) is 3.01. The molecule has 0 spiro atoms. The second-order valence-electron chi connectivity index (χ2n) is 3.17. The van der Waals surface area contributed by atoms with Gasteiger partial charge in [0.15, 0.2) is 5.79 Å². The summed E-state index contributed by atoms with van der Waals surface area (Å²) < 4.78 is 15.3. The van der Waals surface area contributed by atoms with Gasteiger partial charge in [0.25, 0.3) is 0 Å². The molecular formula is C9H16O4. The van der Waals surface area contributed by atoms with E-state index in [1.54, 1.807) is 7.11 Å². The maximum atomic E-state index is 11.1. The van der Waals surface area contributed by atoms with Crippen LogP contribution in [0.15, 0.2) is 0 Å². The largest absolute Gasteiger partial charge is 0.469 e. The van der Waals surface area contributed by atoms with Crippen LogP contribution >= 0.6 is 0 Å². The van der Waals surface area contributed by atoms with Gasteiger partial charge in [0.2, 0.25) is 0 Å². The van der Waals surface area contributed by atoms with Crippen molar-refractivity contribution in [2.75, 3.05) is 20.8 Å². The SMILES string of the molecule is COC(=O)CC1(OC)CCCCO1. The number of ether oxygens (including phenoxy) is 3. The number of esters is 1. The summed E-state index contributed by atoms with van der Waals surface area (Å²) in [5.74, 6) is -1.02. The van der Waals surface area contributed by atoms with Gasteiger partial charge in [-0.3, -0.25) is 4.79 Å². The van der Waals surface area contributed by atoms with Gasteiger partial charge in [-0.25, -0.2) is 0 Å². The van der Waals surface area contributed by atoms with E-state index in [9.17, 15) is 4.79 Å².